The highest BCUT2D eigenvalue weighted by atomic mass is 16.5. The van der Waals surface area contributed by atoms with Crippen LogP contribution < -0.4 is 10.6 Å². The number of nitrogens with one attached hydrogen (secondary N) is 2. The number of hydrogen-bond donors (Lipinski definition) is 2. The van der Waals surface area contributed by atoms with Gasteiger partial charge >= 0.3 is 12.0 Å². The first-order valence-electron chi connectivity index (χ1n) is 7.47. The van der Waals surface area contributed by atoms with Crippen molar-refractivity contribution in [3.05, 3.63) is 35.9 Å². The molecule has 1 fully saturated rings. The zero-order chi connectivity index (χ0) is 15.8. The van der Waals surface area contributed by atoms with Gasteiger partial charge in [0.1, 0.15) is 0 Å². The normalized spacial score (nSPS) is 14.9. The van der Waals surface area contributed by atoms with Crippen molar-refractivity contribution in [1.82, 2.24) is 10.6 Å². The Morgan fingerprint density at radius 3 is 2.41 bits per heavy atom. The van der Waals surface area contributed by atoms with Gasteiger partial charge in [-0.1, -0.05) is 37.5 Å². The third-order valence-electron chi connectivity index (χ3n) is 3.54. The van der Waals surface area contributed by atoms with Crippen molar-refractivity contribution < 1.29 is 19.1 Å². The van der Waals surface area contributed by atoms with Crippen molar-refractivity contribution in [2.24, 2.45) is 0 Å². The second kappa shape index (κ2) is 8.17. The lowest BCUT2D eigenvalue weighted by Crippen LogP contribution is -2.46. The van der Waals surface area contributed by atoms with Crippen molar-refractivity contribution in [3.63, 3.8) is 0 Å². The van der Waals surface area contributed by atoms with Crippen molar-refractivity contribution in [1.29, 1.82) is 0 Å². The monoisotopic (exact) mass is 304 g/mol. The Kier molecular flexibility index (Phi) is 5.94. The third-order valence-corrected chi connectivity index (χ3v) is 3.54. The summed E-state index contributed by atoms with van der Waals surface area (Å²) in [7, 11) is 0. The van der Waals surface area contributed by atoms with Crippen LogP contribution in [0, 0.1) is 0 Å². The molecule has 3 amide bonds. The van der Waals surface area contributed by atoms with Gasteiger partial charge in [0.05, 0.1) is 5.56 Å². The molecule has 2 rings (SSSR count). The Balaban J connectivity index is 1.68. The average molecular weight is 304 g/mol. The van der Waals surface area contributed by atoms with E-state index in [0.717, 1.165) is 25.7 Å². The van der Waals surface area contributed by atoms with Crippen LogP contribution in [0.3, 0.4) is 0 Å². The number of benzene rings is 1. The zero-order valence-corrected chi connectivity index (χ0v) is 12.3. The Hall–Kier alpha value is -2.37. The first-order chi connectivity index (χ1) is 10.6. The fraction of sp³-hybridized carbons (Fsp3) is 0.438. The molecule has 0 aliphatic heterocycles. The van der Waals surface area contributed by atoms with Crippen molar-refractivity contribution in [2.75, 3.05) is 6.61 Å². The molecule has 2 N–H and O–H groups in total. The molecule has 0 saturated heterocycles. The first kappa shape index (κ1) is 16.0. The van der Waals surface area contributed by atoms with Gasteiger partial charge in [-0.05, 0) is 25.0 Å². The lowest BCUT2D eigenvalue weighted by molar-refractivity contribution is -0.123. The number of carbonyl (C=O) groups is 3. The largest absolute Gasteiger partial charge is 0.452 e. The summed E-state index contributed by atoms with van der Waals surface area (Å²) in [6.07, 6.45) is 5.24. The van der Waals surface area contributed by atoms with Gasteiger partial charge in [-0.3, -0.25) is 10.1 Å². The number of ether oxygens (including phenoxy) is 1. The van der Waals surface area contributed by atoms with Gasteiger partial charge in [-0.15, -0.1) is 0 Å². The first-order valence-corrected chi connectivity index (χ1v) is 7.47. The van der Waals surface area contributed by atoms with Crippen LogP contribution in [0.5, 0.6) is 0 Å². The van der Waals surface area contributed by atoms with E-state index < -0.39 is 24.5 Å². The fourth-order valence-corrected chi connectivity index (χ4v) is 2.42. The third kappa shape index (κ3) is 5.20. The standard InChI is InChI=1S/C16H20N2O4/c19-14(11-22-15(20)12-7-3-1-4-8-12)18-16(21)17-13-9-5-2-6-10-13/h1,3-4,7-8,13H,2,5-6,9-11H2,(H2,17,18,19,21). The Morgan fingerprint density at radius 1 is 1.05 bits per heavy atom. The van der Waals surface area contributed by atoms with E-state index in [4.69, 9.17) is 4.74 Å². The molecule has 1 aliphatic rings. The van der Waals surface area contributed by atoms with Crippen molar-refractivity contribution >= 4 is 17.9 Å². The van der Waals surface area contributed by atoms with Crippen molar-refractivity contribution in [3.8, 4) is 0 Å². The highest BCUT2D eigenvalue weighted by Gasteiger charge is 2.17. The molecule has 1 aromatic rings. The summed E-state index contributed by atoms with van der Waals surface area (Å²) < 4.78 is 4.85. The molecule has 22 heavy (non-hydrogen) atoms. The molecule has 0 radical (unpaired) electrons. The number of esters is 1. The van der Waals surface area contributed by atoms with Gasteiger partial charge in [0.25, 0.3) is 5.91 Å². The SMILES string of the molecule is O=C(COC(=O)c1ccccc1)NC(=O)NC1CCCCC1. The van der Waals surface area contributed by atoms with Gasteiger partial charge < -0.3 is 10.1 Å². The molecule has 6 heteroatoms. The molecule has 1 aromatic carbocycles. The zero-order valence-electron chi connectivity index (χ0n) is 12.3. The Bertz CT molecular complexity index is 524. The van der Waals surface area contributed by atoms with Crippen LogP contribution in [0.1, 0.15) is 42.5 Å². The Labute approximate surface area is 129 Å². The number of imide groups is 1. The molecular weight excluding hydrogens is 284 g/mol. The van der Waals surface area contributed by atoms with Crippen LogP contribution in [-0.4, -0.2) is 30.6 Å². The highest BCUT2D eigenvalue weighted by Crippen LogP contribution is 2.17. The van der Waals surface area contributed by atoms with E-state index in [1.165, 1.54) is 6.42 Å². The molecule has 118 valence electrons. The van der Waals surface area contributed by atoms with Crippen LogP contribution in [0.25, 0.3) is 0 Å². The maximum atomic E-state index is 11.7. The molecular formula is C16H20N2O4. The van der Waals surface area contributed by atoms with E-state index in [-0.39, 0.29) is 6.04 Å². The maximum absolute atomic E-state index is 11.7. The molecule has 0 unspecified atom stereocenters. The minimum absolute atomic E-state index is 0.119. The molecule has 6 nitrogen and oxygen atoms in total. The maximum Gasteiger partial charge on any atom is 0.338 e. The minimum Gasteiger partial charge on any atom is -0.452 e. The number of hydrogen-bond acceptors (Lipinski definition) is 4. The summed E-state index contributed by atoms with van der Waals surface area (Å²) in [6, 6.07) is 7.95. The fourth-order valence-electron chi connectivity index (χ4n) is 2.42. The number of amides is 3. The van der Waals surface area contributed by atoms with Gasteiger partial charge in [-0.25, -0.2) is 9.59 Å². The number of rotatable bonds is 4. The summed E-state index contributed by atoms with van der Waals surface area (Å²) in [4.78, 5) is 34.9. The molecule has 1 saturated carbocycles. The summed E-state index contributed by atoms with van der Waals surface area (Å²) in [5.41, 5.74) is 0.363. The summed E-state index contributed by atoms with van der Waals surface area (Å²) in [5.74, 6) is -1.24. The average Bonchev–Trinajstić information content (AvgIpc) is 2.54. The van der Waals surface area contributed by atoms with Crippen LogP contribution >= 0.6 is 0 Å². The highest BCUT2D eigenvalue weighted by molar-refractivity contribution is 5.97. The van der Waals surface area contributed by atoms with E-state index in [9.17, 15) is 14.4 Å². The lowest BCUT2D eigenvalue weighted by atomic mass is 9.96. The number of carbonyl (C=O) groups excluding carboxylic acids is 3. The van der Waals surface area contributed by atoms with Crippen LogP contribution in [-0.2, 0) is 9.53 Å². The molecule has 0 atom stereocenters. The minimum atomic E-state index is -0.641. The summed E-state index contributed by atoms with van der Waals surface area (Å²) >= 11 is 0. The van der Waals surface area contributed by atoms with E-state index in [0.29, 0.717) is 5.56 Å². The molecule has 0 aromatic heterocycles. The topological polar surface area (TPSA) is 84.5 Å². The van der Waals surface area contributed by atoms with Gasteiger partial charge in [0.15, 0.2) is 6.61 Å². The smallest absolute Gasteiger partial charge is 0.338 e. The summed E-state index contributed by atoms with van der Waals surface area (Å²) in [6.45, 7) is -0.480. The van der Waals surface area contributed by atoms with Crippen LogP contribution in [0.4, 0.5) is 4.79 Å². The number of urea groups is 1. The molecule has 0 bridgehead atoms. The second-order valence-corrected chi connectivity index (χ2v) is 5.30. The van der Waals surface area contributed by atoms with Crippen LogP contribution in [0.2, 0.25) is 0 Å². The van der Waals surface area contributed by atoms with Gasteiger partial charge in [0, 0.05) is 6.04 Å². The summed E-state index contributed by atoms with van der Waals surface area (Å²) in [5, 5.41) is 4.93. The molecule has 1 aliphatic carbocycles. The lowest BCUT2D eigenvalue weighted by Gasteiger charge is -2.22. The predicted octanol–water partition coefficient (Wildman–Crippen LogP) is 2.00. The van der Waals surface area contributed by atoms with Crippen molar-refractivity contribution in [2.45, 2.75) is 38.1 Å². The molecule has 0 heterocycles. The predicted molar refractivity (Wildman–Crippen MR) is 80.3 cm³/mol. The Morgan fingerprint density at radius 2 is 1.73 bits per heavy atom. The van der Waals surface area contributed by atoms with E-state index >= 15 is 0 Å². The van der Waals surface area contributed by atoms with E-state index in [1.54, 1.807) is 30.3 Å². The van der Waals surface area contributed by atoms with Crippen LogP contribution in [0.15, 0.2) is 30.3 Å². The quantitative estimate of drug-likeness (QED) is 0.833. The van der Waals surface area contributed by atoms with Gasteiger partial charge in [-0.2, -0.15) is 0 Å². The van der Waals surface area contributed by atoms with E-state index in [1.807, 2.05) is 0 Å². The molecule has 0 spiro atoms. The van der Waals surface area contributed by atoms with E-state index in [2.05, 4.69) is 10.6 Å². The van der Waals surface area contributed by atoms with Gasteiger partial charge in [0.2, 0.25) is 0 Å². The second-order valence-electron chi connectivity index (χ2n) is 5.30.